The molecule has 0 saturated carbocycles. The normalized spacial score (nSPS) is 23.1. The number of hydrogen-bond donors (Lipinski definition) is 0. The number of carbonyl (C=O) groups is 1. The molecule has 0 radical (unpaired) electrons. The van der Waals surface area contributed by atoms with Gasteiger partial charge in [-0.2, -0.15) is 16.1 Å². The highest BCUT2D eigenvalue weighted by atomic mass is 32.2. The van der Waals surface area contributed by atoms with Gasteiger partial charge < -0.3 is 9.80 Å². The van der Waals surface area contributed by atoms with Gasteiger partial charge in [0, 0.05) is 55.1 Å². The zero-order valence-corrected chi connectivity index (χ0v) is 15.0. The molecule has 7 heteroatoms. The minimum Gasteiger partial charge on any atom is -0.346 e. The Labute approximate surface area is 140 Å². The number of carbonyl (C=O) groups excluding carboxylic acids is 1. The lowest BCUT2D eigenvalue weighted by Crippen LogP contribution is -2.47. The van der Waals surface area contributed by atoms with E-state index in [2.05, 4.69) is 33.0 Å². The summed E-state index contributed by atoms with van der Waals surface area (Å²) < 4.78 is 4.44. The van der Waals surface area contributed by atoms with Gasteiger partial charge in [0.1, 0.15) is 5.82 Å². The highest BCUT2D eigenvalue weighted by molar-refractivity contribution is 7.99. The average Bonchev–Trinajstić information content (AvgIpc) is 3.05. The summed E-state index contributed by atoms with van der Waals surface area (Å²) in [4.78, 5) is 21.7. The van der Waals surface area contributed by atoms with Crippen LogP contribution in [0.15, 0.2) is 0 Å². The summed E-state index contributed by atoms with van der Waals surface area (Å²) in [6.07, 6.45) is 2.07. The van der Waals surface area contributed by atoms with Crippen LogP contribution in [0.1, 0.15) is 38.4 Å². The second-order valence-electron chi connectivity index (χ2n) is 6.31. The predicted octanol–water partition coefficient (Wildman–Crippen LogP) is 2.45. The van der Waals surface area contributed by atoms with E-state index in [0.29, 0.717) is 11.8 Å². The third kappa shape index (κ3) is 3.56. The van der Waals surface area contributed by atoms with Crippen molar-refractivity contribution in [3.05, 3.63) is 5.82 Å². The van der Waals surface area contributed by atoms with E-state index < -0.39 is 0 Å². The first-order valence-corrected chi connectivity index (χ1v) is 10.0. The van der Waals surface area contributed by atoms with E-state index in [-0.39, 0.29) is 5.92 Å². The van der Waals surface area contributed by atoms with Crippen LogP contribution in [-0.4, -0.2) is 57.8 Å². The summed E-state index contributed by atoms with van der Waals surface area (Å²) in [5.41, 5.74) is 0. The second kappa shape index (κ2) is 7.17. The fourth-order valence-corrected chi connectivity index (χ4v) is 4.73. The van der Waals surface area contributed by atoms with Gasteiger partial charge in [-0.05, 0) is 12.8 Å². The van der Waals surface area contributed by atoms with E-state index in [0.717, 1.165) is 61.5 Å². The van der Waals surface area contributed by atoms with Gasteiger partial charge in [-0.1, -0.05) is 13.8 Å². The summed E-state index contributed by atoms with van der Waals surface area (Å²) in [7, 11) is 0. The van der Waals surface area contributed by atoms with Crippen LogP contribution >= 0.6 is 23.3 Å². The molecule has 1 amide bonds. The maximum absolute atomic E-state index is 12.7. The Morgan fingerprint density at radius 1 is 1.27 bits per heavy atom. The van der Waals surface area contributed by atoms with Gasteiger partial charge in [-0.15, -0.1) is 0 Å². The molecule has 1 atom stereocenters. The molecule has 2 fully saturated rings. The standard InChI is InChI=1S/C15H24N4OS2/c1-11(2)13-16-15(22-17-13)19-5-3-4-12(10-19)14(20)18-6-8-21-9-7-18/h11-12H,3-10H2,1-2H3. The number of piperidine rings is 1. The van der Waals surface area contributed by atoms with Crippen LogP contribution in [-0.2, 0) is 4.79 Å². The van der Waals surface area contributed by atoms with Crippen molar-refractivity contribution in [1.29, 1.82) is 0 Å². The average molecular weight is 341 g/mol. The summed E-state index contributed by atoms with van der Waals surface area (Å²) in [5.74, 6) is 3.91. The van der Waals surface area contributed by atoms with Crippen LogP contribution in [0.25, 0.3) is 0 Å². The molecule has 2 aliphatic heterocycles. The molecule has 122 valence electrons. The molecule has 3 rings (SSSR count). The van der Waals surface area contributed by atoms with Crippen molar-refractivity contribution < 1.29 is 4.79 Å². The first-order chi connectivity index (χ1) is 10.6. The predicted molar refractivity (Wildman–Crippen MR) is 92.8 cm³/mol. The molecule has 22 heavy (non-hydrogen) atoms. The molecular weight excluding hydrogens is 316 g/mol. The van der Waals surface area contributed by atoms with Crippen molar-refractivity contribution in [2.45, 2.75) is 32.6 Å². The molecule has 3 heterocycles. The first-order valence-electron chi connectivity index (χ1n) is 8.10. The molecular formula is C15H24N4OS2. The highest BCUT2D eigenvalue weighted by Crippen LogP contribution is 2.27. The largest absolute Gasteiger partial charge is 0.346 e. The van der Waals surface area contributed by atoms with E-state index in [9.17, 15) is 4.79 Å². The number of anilines is 1. The summed E-state index contributed by atoms with van der Waals surface area (Å²) in [5, 5.41) is 0.982. The number of nitrogens with zero attached hydrogens (tertiary/aromatic N) is 4. The van der Waals surface area contributed by atoms with Crippen LogP contribution in [0.2, 0.25) is 0 Å². The zero-order valence-electron chi connectivity index (χ0n) is 13.3. The van der Waals surface area contributed by atoms with Crippen LogP contribution < -0.4 is 4.90 Å². The van der Waals surface area contributed by atoms with Gasteiger partial charge in [0.2, 0.25) is 11.0 Å². The monoisotopic (exact) mass is 340 g/mol. The van der Waals surface area contributed by atoms with Crippen molar-refractivity contribution in [2.75, 3.05) is 42.6 Å². The van der Waals surface area contributed by atoms with Crippen molar-refractivity contribution in [1.82, 2.24) is 14.3 Å². The fraction of sp³-hybridized carbons (Fsp3) is 0.800. The number of rotatable bonds is 3. The Kier molecular flexibility index (Phi) is 5.23. The molecule has 0 bridgehead atoms. The maximum Gasteiger partial charge on any atom is 0.227 e. The topological polar surface area (TPSA) is 49.3 Å². The van der Waals surface area contributed by atoms with Crippen LogP contribution in [0.5, 0.6) is 0 Å². The van der Waals surface area contributed by atoms with Crippen molar-refractivity contribution >= 4 is 34.3 Å². The minimum atomic E-state index is 0.128. The summed E-state index contributed by atoms with van der Waals surface area (Å²) in [6, 6.07) is 0. The molecule has 0 N–H and O–H groups in total. The SMILES string of the molecule is CC(C)c1nsc(N2CCCC(C(=O)N3CCSCC3)C2)n1. The van der Waals surface area contributed by atoms with E-state index in [4.69, 9.17) is 0 Å². The van der Waals surface area contributed by atoms with E-state index in [1.807, 2.05) is 11.8 Å². The Morgan fingerprint density at radius 2 is 2.05 bits per heavy atom. The number of thioether (sulfide) groups is 1. The summed E-state index contributed by atoms with van der Waals surface area (Å²) in [6.45, 7) is 7.85. The van der Waals surface area contributed by atoms with Crippen LogP contribution in [0, 0.1) is 5.92 Å². The smallest absolute Gasteiger partial charge is 0.227 e. The first kappa shape index (κ1) is 16.1. The van der Waals surface area contributed by atoms with E-state index in [1.165, 1.54) is 11.5 Å². The maximum atomic E-state index is 12.7. The Hall–Kier alpha value is -0.820. The molecule has 0 spiro atoms. The van der Waals surface area contributed by atoms with Crippen molar-refractivity contribution in [3.63, 3.8) is 0 Å². The van der Waals surface area contributed by atoms with Gasteiger partial charge >= 0.3 is 0 Å². The van der Waals surface area contributed by atoms with Crippen molar-refractivity contribution in [2.24, 2.45) is 5.92 Å². The zero-order chi connectivity index (χ0) is 15.5. The van der Waals surface area contributed by atoms with Gasteiger partial charge in [0.25, 0.3) is 0 Å². The fourth-order valence-electron chi connectivity index (χ4n) is 2.98. The van der Waals surface area contributed by atoms with E-state index in [1.54, 1.807) is 0 Å². The molecule has 2 aliphatic rings. The van der Waals surface area contributed by atoms with Crippen molar-refractivity contribution in [3.8, 4) is 0 Å². The molecule has 0 aromatic carbocycles. The Morgan fingerprint density at radius 3 is 2.73 bits per heavy atom. The Bertz CT molecular complexity index is 513. The number of amides is 1. The quantitative estimate of drug-likeness (QED) is 0.846. The second-order valence-corrected chi connectivity index (χ2v) is 8.27. The Balaban J connectivity index is 1.64. The van der Waals surface area contributed by atoms with Gasteiger partial charge in [0.15, 0.2) is 0 Å². The van der Waals surface area contributed by atoms with Crippen LogP contribution in [0.3, 0.4) is 0 Å². The molecule has 0 aliphatic carbocycles. The lowest BCUT2D eigenvalue weighted by molar-refractivity contribution is -0.135. The third-order valence-corrected chi connectivity index (χ3v) is 6.04. The molecule has 2 saturated heterocycles. The van der Waals surface area contributed by atoms with Gasteiger partial charge in [0.05, 0.1) is 5.92 Å². The van der Waals surface area contributed by atoms with Crippen LogP contribution in [0.4, 0.5) is 5.13 Å². The number of hydrogen-bond acceptors (Lipinski definition) is 6. The molecule has 1 aromatic heterocycles. The third-order valence-electron chi connectivity index (χ3n) is 4.31. The molecule has 1 aromatic rings. The van der Waals surface area contributed by atoms with E-state index >= 15 is 0 Å². The highest BCUT2D eigenvalue weighted by Gasteiger charge is 2.31. The molecule has 1 unspecified atom stereocenters. The lowest BCUT2D eigenvalue weighted by atomic mass is 9.97. The summed E-state index contributed by atoms with van der Waals surface area (Å²) >= 11 is 3.41. The van der Waals surface area contributed by atoms with Gasteiger partial charge in [-0.3, -0.25) is 4.79 Å². The van der Waals surface area contributed by atoms with Gasteiger partial charge in [-0.25, -0.2) is 4.98 Å². The lowest BCUT2D eigenvalue weighted by Gasteiger charge is -2.35. The minimum absolute atomic E-state index is 0.128. The molecule has 5 nitrogen and oxygen atoms in total. The number of aromatic nitrogens is 2.